The van der Waals surface area contributed by atoms with E-state index in [4.69, 9.17) is 0 Å². The summed E-state index contributed by atoms with van der Waals surface area (Å²) in [6.45, 7) is 1.15. The van der Waals surface area contributed by atoms with Crippen molar-refractivity contribution in [3.63, 3.8) is 0 Å². The average Bonchev–Trinajstić information content (AvgIpc) is 2.59. The summed E-state index contributed by atoms with van der Waals surface area (Å²) in [5, 5.41) is 0. The fourth-order valence-corrected chi connectivity index (χ4v) is 2.02. The van der Waals surface area contributed by atoms with Crippen LogP contribution in [0.25, 0.3) is 0 Å². The molecule has 0 unspecified atom stereocenters. The third-order valence-electron chi connectivity index (χ3n) is 2.70. The van der Waals surface area contributed by atoms with Gasteiger partial charge in [0.05, 0.1) is 6.33 Å². The molecule has 0 amide bonds. The molecule has 1 aromatic heterocycles. The van der Waals surface area contributed by atoms with E-state index in [0.717, 1.165) is 12.5 Å². The van der Waals surface area contributed by atoms with Gasteiger partial charge in [0, 0.05) is 12.7 Å². The molecule has 1 radical (unpaired) electrons. The van der Waals surface area contributed by atoms with Gasteiger partial charge in [-0.3, -0.25) is 0 Å². The van der Waals surface area contributed by atoms with Crippen LogP contribution in [0.2, 0.25) is 0 Å². The summed E-state index contributed by atoms with van der Waals surface area (Å²) in [5.41, 5.74) is 0. The van der Waals surface area contributed by atoms with Crippen LogP contribution in [-0.2, 0) is 6.54 Å². The monoisotopic (exact) mass is 163 g/mol. The minimum atomic E-state index is 0.890. The van der Waals surface area contributed by atoms with Gasteiger partial charge in [0.2, 0.25) is 0 Å². The van der Waals surface area contributed by atoms with Gasteiger partial charge in [-0.15, -0.1) is 0 Å². The molecule has 0 aromatic carbocycles. The van der Waals surface area contributed by atoms with E-state index in [1.807, 2.05) is 12.5 Å². The lowest BCUT2D eigenvalue weighted by Gasteiger charge is -2.21. The molecule has 2 nitrogen and oxygen atoms in total. The number of imidazole rings is 1. The molecule has 1 aromatic rings. The predicted molar refractivity (Wildman–Crippen MR) is 47.6 cm³/mol. The van der Waals surface area contributed by atoms with Gasteiger partial charge in [-0.05, 0) is 18.8 Å². The number of nitrogens with zero attached hydrogens (tertiary/aromatic N) is 2. The van der Waals surface area contributed by atoms with Crippen molar-refractivity contribution in [2.45, 2.75) is 38.6 Å². The van der Waals surface area contributed by atoms with Gasteiger partial charge in [0.1, 0.15) is 6.20 Å². The Morgan fingerprint density at radius 2 is 2.17 bits per heavy atom. The van der Waals surface area contributed by atoms with Crippen LogP contribution in [0.1, 0.15) is 32.1 Å². The highest BCUT2D eigenvalue weighted by atomic mass is 15.0. The van der Waals surface area contributed by atoms with Gasteiger partial charge in [-0.2, -0.15) is 0 Å². The first-order valence-electron chi connectivity index (χ1n) is 4.83. The van der Waals surface area contributed by atoms with Gasteiger partial charge >= 0.3 is 0 Å². The van der Waals surface area contributed by atoms with E-state index in [9.17, 15) is 0 Å². The summed E-state index contributed by atoms with van der Waals surface area (Å²) in [5.74, 6) is 0.890. The first-order chi connectivity index (χ1) is 5.95. The van der Waals surface area contributed by atoms with Crippen molar-refractivity contribution >= 4 is 0 Å². The van der Waals surface area contributed by atoms with Crippen molar-refractivity contribution in [1.29, 1.82) is 0 Å². The van der Waals surface area contributed by atoms with Crippen molar-refractivity contribution in [3.8, 4) is 0 Å². The molecule has 0 aliphatic heterocycles. The fraction of sp³-hybridized carbons (Fsp3) is 0.700. The quantitative estimate of drug-likeness (QED) is 0.654. The van der Waals surface area contributed by atoms with Crippen molar-refractivity contribution in [2.24, 2.45) is 5.92 Å². The highest BCUT2D eigenvalue weighted by Crippen LogP contribution is 2.24. The Balaban J connectivity index is 1.86. The van der Waals surface area contributed by atoms with Crippen LogP contribution in [0.5, 0.6) is 0 Å². The third kappa shape index (κ3) is 1.87. The number of rotatable bonds is 2. The predicted octanol–water partition coefficient (Wildman–Crippen LogP) is 2.26. The second-order valence-electron chi connectivity index (χ2n) is 3.70. The topological polar surface area (TPSA) is 17.8 Å². The Hall–Kier alpha value is -0.790. The molecule has 0 N–H and O–H groups in total. The van der Waals surface area contributed by atoms with Crippen LogP contribution in [0.4, 0.5) is 0 Å². The van der Waals surface area contributed by atoms with Crippen LogP contribution in [0.3, 0.4) is 0 Å². The van der Waals surface area contributed by atoms with Crippen molar-refractivity contribution in [3.05, 3.63) is 18.7 Å². The van der Waals surface area contributed by atoms with Crippen LogP contribution in [-0.4, -0.2) is 9.55 Å². The molecule has 0 atom stereocenters. The van der Waals surface area contributed by atoms with Gasteiger partial charge < -0.3 is 4.57 Å². The van der Waals surface area contributed by atoms with Crippen molar-refractivity contribution in [2.75, 3.05) is 0 Å². The van der Waals surface area contributed by atoms with Gasteiger partial charge in [0.15, 0.2) is 0 Å². The highest BCUT2D eigenvalue weighted by molar-refractivity contribution is 4.75. The fourth-order valence-electron chi connectivity index (χ4n) is 2.02. The second-order valence-corrected chi connectivity index (χ2v) is 3.70. The minimum absolute atomic E-state index is 0.890. The van der Waals surface area contributed by atoms with E-state index in [1.54, 1.807) is 0 Å². The molecule has 2 heteroatoms. The van der Waals surface area contributed by atoms with E-state index >= 15 is 0 Å². The Bertz CT molecular complexity index is 210. The third-order valence-corrected chi connectivity index (χ3v) is 2.70. The number of hydrogen-bond acceptors (Lipinski definition) is 1. The van der Waals surface area contributed by atoms with Crippen molar-refractivity contribution < 1.29 is 0 Å². The summed E-state index contributed by atoms with van der Waals surface area (Å²) >= 11 is 0. The average molecular weight is 163 g/mol. The Kier molecular flexibility index (Phi) is 2.45. The molecule has 1 heterocycles. The smallest absolute Gasteiger partial charge is 0.108 e. The van der Waals surface area contributed by atoms with Crippen LogP contribution in [0, 0.1) is 12.1 Å². The van der Waals surface area contributed by atoms with Crippen LogP contribution < -0.4 is 0 Å². The maximum absolute atomic E-state index is 3.93. The second kappa shape index (κ2) is 3.74. The standard InChI is InChI=1S/C10H15N2/c1-2-4-10(5-3-1)8-12-7-6-11-9-12/h7,9-10H,1-5,8H2. The zero-order valence-corrected chi connectivity index (χ0v) is 7.37. The summed E-state index contributed by atoms with van der Waals surface area (Å²) in [6, 6.07) is 0. The van der Waals surface area contributed by atoms with E-state index < -0.39 is 0 Å². The zero-order valence-electron chi connectivity index (χ0n) is 7.37. The highest BCUT2D eigenvalue weighted by Gasteiger charge is 2.13. The number of hydrogen-bond donors (Lipinski definition) is 0. The lowest BCUT2D eigenvalue weighted by molar-refractivity contribution is 0.319. The van der Waals surface area contributed by atoms with E-state index in [0.29, 0.717) is 0 Å². The lowest BCUT2D eigenvalue weighted by atomic mass is 9.89. The van der Waals surface area contributed by atoms with E-state index in [1.165, 1.54) is 32.1 Å². The molecule has 65 valence electrons. The molecule has 1 aliphatic rings. The van der Waals surface area contributed by atoms with Gasteiger partial charge in [0.25, 0.3) is 0 Å². The summed E-state index contributed by atoms with van der Waals surface area (Å²) in [6.07, 6.45) is 13.7. The molecule has 0 saturated heterocycles. The Morgan fingerprint density at radius 1 is 1.33 bits per heavy atom. The molecular formula is C10H15N2. The minimum Gasteiger partial charge on any atom is -0.336 e. The van der Waals surface area contributed by atoms with Crippen molar-refractivity contribution in [1.82, 2.24) is 9.55 Å². The molecular weight excluding hydrogens is 148 g/mol. The largest absolute Gasteiger partial charge is 0.336 e. The molecule has 0 spiro atoms. The Labute approximate surface area is 73.6 Å². The molecule has 1 fully saturated rings. The normalized spacial score (nSPS) is 19.7. The number of aromatic nitrogens is 2. The Morgan fingerprint density at radius 3 is 2.83 bits per heavy atom. The lowest BCUT2D eigenvalue weighted by Crippen LogP contribution is -2.12. The molecule has 0 bridgehead atoms. The maximum Gasteiger partial charge on any atom is 0.108 e. The molecule has 2 rings (SSSR count). The van der Waals surface area contributed by atoms with E-state index in [-0.39, 0.29) is 0 Å². The van der Waals surface area contributed by atoms with Gasteiger partial charge in [-0.1, -0.05) is 19.3 Å². The molecule has 12 heavy (non-hydrogen) atoms. The molecule has 1 aliphatic carbocycles. The maximum atomic E-state index is 3.93. The SMILES string of the molecule is [c]1cn(CC2CCCCC2)cn1. The van der Waals surface area contributed by atoms with Crippen LogP contribution >= 0.6 is 0 Å². The molecule has 1 saturated carbocycles. The summed E-state index contributed by atoms with van der Waals surface area (Å²) in [4.78, 5) is 3.93. The summed E-state index contributed by atoms with van der Waals surface area (Å²) in [7, 11) is 0. The summed E-state index contributed by atoms with van der Waals surface area (Å²) < 4.78 is 2.15. The first-order valence-corrected chi connectivity index (χ1v) is 4.83. The first kappa shape index (κ1) is 7.84. The van der Waals surface area contributed by atoms with Gasteiger partial charge in [-0.25, -0.2) is 4.98 Å². The van der Waals surface area contributed by atoms with E-state index in [2.05, 4.69) is 15.7 Å². The van der Waals surface area contributed by atoms with Crippen LogP contribution in [0.15, 0.2) is 12.5 Å². The zero-order chi connectivity index (χ0) is 8.23.